The summed E-state index contributed by atoms with van der Waals surface area (Å²) in [6.45, 7) is 2.02. The first-order valence-corrected chi connectivity index (χ1v) is 8.94. The van der Waals surface area contributed by atoms with Gasteiger partial charge in [-0.05, 0) is 24.4 Å². The third-order valence-electron chi connectivity index (χ3n) is 4.26. The fraction of sp³-hybridized carbons (Fsp3) is 0.353. The van der Waals surface area contributed by atoms with Crippen LogP contribution in [0.1, 0.15) is 12.8 Å². The number of aromatic nitrogens is 4. The summed E-state index contributed by atoms with van der Waals surface area (Å²) in [7, 11) is 1.95. The van der Waals surface area contributed by atoms with E-state index in [9.17, 15) is 0 Å². The average Bonchev–Trinajstić information content (AvgIpc) is 3.25. The van der Waals surface area contributed by atoms with Crippen LogP contribution in [-0.4, -0.2) is 38.3 Å². The Morgan fingerprint density at radius 3 is 2.92 bits per heavy atom. The van der Waals surface area contributed by atoms with E-state index in [4.69, 9.17) is 0 Å². The summed E-state index contributed by atoms with van der Waals surface area (Å²) in [5, 5.41) is 8.72. The van der Waals surface area contributed by atoms with Crippen molar-refractivity contribution in [2.75, 3.05) is 23.3 Å². The lowest BCUT2D eigenvalue weighted by Crippen LogP contribution is -2.42. The highest BCUT2D eigenvalue weighted by Crippen LogP contribution is 2.25. The minimum atomic E-state index is 0.358. The molecule has 3 aromatic rings. The highest BCUT2D eigenvalue weighted by molar-refractivity contribution is 7.09. The van der Waals surface area contributed by atoms with Gasteiger partial charge < -0.3 is 10.2 Å². The number of nitrogens with one attached hydrogen (secondary N) is 1. The number of hydrogen-bond acceptors (Lipinski definition) is 6. The first-order valence-electron chi connectivity index (χ1n) is 8.17. The summed E-state index contributed by atoms with van der Waals surface area (Å²) < 4.78 is 6.32. The second-order valence-electron chi connectivity index (χ2n) is 6.09. The van der Waals surface area contributed by atoms with Crippen LogP contribution < -0.4 is 10.2 Å². The molecule has 3 heterocycles. The van der Waals surface area contributed by atoms with Crippen molar-refractivity contribution >= 4 is 23.2 Å². The lowest BCUT2D eigenvalue weighted by Gasteiger charge is -2.33. The molecule has 24 heavy (non-hydrogen) atoms. The van der Waals surface area contributed by atoms with Gasteiger partial charge >= 0.3 is 0 Å². The van der Waals surface area contributed by atoms with Gasteiger partial charge in [0.25, 0.3) is 0 Å². The van der Waals surface area contributed by atoms with Gasteiger partial charge in [0.1, 0.15) is 5.01 Å². The maximum Gasteiger partial charge on any atom is 0.235 e. The molecule has 0 radical (unpaired) electrons. The fourth-order valence-electron chi connectivity index (χ4n) is 3.06. The zero-order chi connectivity index (χ0) is 16.4. The van der Waals surface area contributed by atoms with E-state index in [0.29, 0.717) is 6.04 Å². The van der Waals surface area contributed by atoms with Crippen molar-refractivity contribution in [1.29, 1.82) is 0 Å². The van der Waals surface area contributed by atoms with E-state index in [2.05, 4.69) is 43.0 Å². The monoisotopic (exact) mass is 340 g/mol. The molecule has 7 heteroatoms. The molecule has 1 aromatic carbocycles. The van der Waals surface area contributed by atoms with Gasteiger partial charge in [-0.3, -0.25) is 4.68 Å². The Kier molecular flexibility index (Phi) is 4.17. The van der Waals surface area contributed by atoms with Gasteiger partial charge in [-0.25, -0.2) is 0 Å². The minimum Gasteiger partial charge on any atom is -0.367 e. The van der Waals surface area contributed by atoms with Crippen LogP contribution in [0, 0.1) is 0 Å². The molecule has 1 N–H and O–H groups in total. The Labute approximate surface area is 145 Å². The summed E-state index contributed by atoms with van der Waals surface area (Å²) >= 11 is 1.44. The highest BCUT2D eigenvalue weighted by Gasteiger charge is 2.22. The first-order chi connectivity index (χ1) is 11.8. The normalized spacial score (nSPS) is 17.9. The van der Waals surface area contributed by atoms with Crippen LogP contribution in [0.15, 0.2) is 42.7 Å². The smallest absolute Gasteiger partial charge is 0.235 e. The van der Waals surface area contributed by atoms with Crippen LogP contribution in [0.3, 0.4) is 0 Å². The zero-order valence-electron chi connectivity index (χ0n) is 13.6. The summed E-state index contributed by atoms with van der Waals surface area (Å²) in [5.41, 5.74) is 2.30. The summed E-state index contributed by atoms with van der Waals surface area (Å²) in [4.78, 5) is 7.01. The Bertz CT molecular complexity index is 796. The van der Waals surface area contributed by atoms with Crippen LogP contribution in [0.5, 0.6) is 0 Å². The number of rotatable bonds is 4. The summed E-state index contributed by atoms with van der Waals surface area (Å²) in [6, 6.07) is 10.5. The second-order valence-corrected chi connectivity index (χ2v) is 6.84. The van der Waals surface area contributed by atoms with Gasteiger partial charge in [-0.2, -0.15) is 14.5 Å². The molecule has 1 aliphatic heterocycles. The van der Waals surface area contributed by atoms with E-state index >= 15 is 0 Å². The predicted octanol–water partition coefficient (Wildman–Crippen LogP) is 3.02. The molecule has 0 bridgehead atoms. The van der Waals surface area contributed by atoms with Crippen molar-refractivity contribution in [2.45, 2.75) is 18.9 Å². The standard InChI is InChI=1S/C17H20N6S/c1-22-12-15(10-18-22)23-9-5-8-14(11-23)19-17-20-16(24-21-17)13-6-3-2-4-7-13/h2-4,6-7,10,12,14H,5,8-9,11H2,1H3,(H,19,21)/t14-/m0/s1. The topological polar surface area (TPSA) is 58.9 Å². The van der Waals surface area contributed by atoms with Crippen molar-refractivity contribution in [3.05, 3.63) is 42.7 Å². The number of anilines is 2. The molecule has 1 atom stereocenters. The molecule has 0 amide bonds. The van der Waals surface area contributed by atoms with E-state index in [1.165, 1.54) is 17.2 Å². The van der Waals surface area contributed by atoms with E-state index < -0.39 is 0 Å². The van der Waals surface area contributed by atoms with Crippen molar-refractivity contribution < 1.29 is 0 Å². The molecule has 124 valence electrons. The summed E-state index contributed by atoms with van der Waals surface area (Å²) in [5.74, 6) is 0.733. The van der Waals surface area contributed by atoms with E-state index in [0.717, 1.165) is 42.5 Å². The van der Waals surface area contributed by atoms with Crippen LogP contribution in [0.25, 0.3) is 10.6 Å². The van der Waals surface area contributed by atoms with E-state index in [-0.39, 0.29) is 0 Å². The van der Waals surface area contributed by atoms with Gasteiger partial charge in [0.15, 0.2) is 0 Å². The number of benzene rings is 1. The maximum absolute atomic E-state index is 4.64. The molecule has 0 aliphatic carbocycles. The van der Waals surface area contributed by atoms with Crippen molar-refractivity contribution in [1.82, 2.24) is 19.1 Å². The molecular formula is C17H20N6S. The van der Waals surface area contributed by atoms with E-state index in [1.54, 1.807) is 0 Å². The Balaban J connectivity index is 1.43. The number of nitrogens with zero attached hydrogens (tertiary/aromatic N) is 5. The third kappa shape index (κ3) is 3.26. The molecule has 1 saturated heterocycles. The fourth-order valence-corrected chi connectivity index (χ4v) is 3.70. The Morgan fingerprint density at radius 1 is 1.25 bits per heavy atom. The molecule has 4 rings (SSSR count). The SMILES string of the molecule is Cn1cc(N2CCC[C@H](Nc3nsc(-c4ccccc4)n3)C2)cn1. The third-order valence-corrected chi connectivity index (χ3v) is 5.02. The number of piperidine rings is 1. The number of hydrogen-bond donors (Lipinski definition) is 1. The van der Waals surface area contributed by atoms with Crippen LogP contribution in [0.2, 0.25) is 0 Å². The maximum atomic E-state index is 4.64. The molecule has 0 spiro atoms. The lowest BCUT2D eigenvalue weighted by molar-refractivity contribution is 0.528. The van der Waals surface area contributed by atoms with Gasteiger partial charge in [0.2, 0.25) is 5.95 Å². The molecule has 0 saturated carbocycles. The predicted molar refractivity (Wildman–Crippen MR) is 97.4 cm³/mol. The molecule has 2 aromatic heterocycles. The van der Waals surface area contributed by atoms with Gasteiger partial charge in [-0.15, -0.1) is 0 Å². The summed E-state index contributed by atoms with van der Waals surface area (Å²) in [6.07, 6.45) is 6.28. The molecule has 1 fully saturated rings. The minimum absolute atomic E-state index is 0.358. The molecule has 6 nitrogen and oxygen atoms in total. The van der Waals surface area contributed by atoms with Crippen molar-refractivity contribution in [3.63, 3.8) is 0 Å². The van der Waals surface area contributed by atoms with Gasteiger partial charge in [0.05, 0.1) is 11.9 Å². The van der Waals surface area contributed by atoms with Crippen LogP contribution in [0.4, 0.5) is 11.6 Å². The quantitative estimate of drug-likeness (QED) is 0.791. The molecule has 0 unspecified atom stereocenters. The Morgan fingerprint density at radius 2 is 2.12 bits per heavy atom. The zero-order valence-corrected chi connectivity index (χ0v) is 14.4. The van der Waals surface area contributed by atoms with Gasteiger partial charge in [-0.1, -0.05) is 30.3 Å². The van der Waals surface area contributed by atoms with Crippen molar-refractivity contribution in [3.8, 4) is 10.6 Å². The van der Waals surface area contributed by atoms with Crippen molar-refractivity contribution in [2.24, 2.45) is 7.05 Å². The average molecular weight is 340 g/mol. The molecular weight excluding hydrogens is 320 g/mol. The van der Waals surface area contributed by atoms with Crippen LogP contribution >= 0.6 is 11.5 Å². The van der Waals surface area contributed by atoms with Gasteiger partial charge in [0, 0.05) is 37.9 Å². The lowest BCUT2D eigenvalue weighted by atomic mass is 10.1. The van der Waals surface area contributed by atoms with Crippen LogP contribution in [-0.2, 0) is 7.05 Å². The first kappa shape index (κ1) is 15.1. The highest BCUT2D eigenvalue weighted by atomic mass is 32.1. The number of aryl methyl sites for hydroxylation is 1. The molecule has 1 aliphatic rings. The van der Waals surface area contributed by atoms with E-state index in [1.807, 2.05) is 36.1 Å². The Hall–Kier alpha value is -2.41. The largest absolute Gasteiger partial charge is 0.367 e. The second kappa shape index (κ2) is 6.60.